The molecule has 2 aromatic rings. The van der Waals surface area contributed by atoms with E-state index in [1.807, 2.05) is 24.3 Å². The lowest BCUT2D eigenvalue weighted by Gasteiger charge is -2.25. The van der Waals surface area contributed by atoms with E-state index >= 15 is 0 Å². The molecule has 3 heterocycles. The molecule has 0 saturated carbocycles. The Kier molecular flexibility index (Phi) is 2.81. The SMILES string of the molecule is c1ccc2c(c1)OCC(c1noc(CC3CNC3)n1)O2. The zero-order valence-corrected chi connectivity index (χ0v) is 10.9. The van der Waals surface area contributed by atoms with Crippen LogP contribution in [0.1, 0.15) is 17.8 Å². The van der Waals surface area contributed by atoms with Crippen molar-refractivity contribution in [3.05, 3.63) is 36.0 Å². The number of hydrogen-bond donors (Lipinski definition) is 1. The standard InChI is InChI=1S/C14H15N3O3/c1-2-4-11-10(3-1)18-8-12(19-11)14-16-13(20-17-14)5-9-6-15-7-9/h1-4,9,12,15H,5-8H2. The molecule has 1 N–H and O–H groups in total. The van der Waals surface area contributed by atoms with E-state index in [-0.39, 0.29) is 6.10 Å². The lowest BCUT2D eigenvalue weighted by atomic mass is 10.00. The molecule has 6 heteroatoms. The number of benzene rings is 1. The first-order valence-electron chi connectivity index (χ1n) is 6.80. The number of hydrogen-bond acceptors (Lipinski definition) is 6. The first-order chi connectivity index (χ1) is 9.88. The summed E-state index contributed by atoms with van der Waals surface area (Å²) >= 11 is 0. The third-order valence-corrected chi connectivity index (χ3v) is 3.61. The third kappa shape index (κ3) is 2.12. The van der Waals surface area contributed by atoms with E-state index < -0.39 is 0 Å². The second-order valence-corrected chi connectivity index (χ2v) is 5.14. The predicted octanol–water partition coefficient (Wildman–Crippen LogP) is 1.34. The molecule has 1 fully saturated rings. The van der Waals surface area contributed by atoms with Crippen LogP contribution in [0.3, 0.4) is 0 Å². The molecular formula is C14H15N3O3. The van der Waals surface area contributed by atoms with Gasteiger partial charge in [0.05, 0.1) is 0 Å². The van der Waals surface area contributed by atoms with Crippen LogP contribution in [0, 0.1) is 5.92 Å². The fraction of sp³-hybridized carbons (Fsp3) is 0.429. The van der Waals surface area contributed by atoms with Gasteiger partial charge in [-0.25, -0.2) is 0 Å². The van der Waals surface area contributed by atoms with Crippen molar-refractivity contribution < 1.29 is 14.0 Å². The highest BCUT2D eigenvalue weighted by molar-refractivity contribution is 5.40. The quantitative estimate of drug-likeness (QED) is 0.910. The molecule has 0 amide bonds. The molecule has 6 nitrogen and oxygen atoms in total. The summed E-state index contributed by atoms with van der Waals surface area (Å²) in [6.45, 7) is 2.45. The lowest BCUT2D eigenvalue weighted by molar-refractivity contribution is 0.0832. The van der Waals surface area contributed by atoms with Gasteiger partial charge in [-0.1, -0.05) is 17.3 Å². The third-order valence-electron chi connectivity index (χ3n) is 3.61. The van der Waals surface area contributed by atoms with Crippen molar-refractivity contribution in [2.45, 2.75) is 12.5 Å². The predicted molar refractivity (Wildman–Crippen MR) is 69.7 cm³/mol. The van der Waals surface area contributed by atoms with E-state index in [2.05, 4.69) is 15.5 Å². The van der Waals surface area contributed by atoms with Crippen molar-refractivity contribution in [2.24, 2.45) is 5.92 Å². The summed E-state index contributed by atoms with van der Waals surface area (Å²) in [6.07, 6.45) is 0.520. The molecular weight excluding hydrogens is 258 g/mol. The average Bonchev–Trinajstić information content (AvgIpc) is 2.91. The Morgan fingerprint density at radius 1 is 1.20 bits per heavy atom. The minimum atomic E-state index is -0.304. The molecule has 2 aliphatic heterocycles. The molecule has 1 aromatic carbocycles. The van der Waals surface area contributed by atoms with Gasteiger partial charge in [0.1, 0.15) is 6.61 Å². The van der Waals surface area contributed by atoms with Gasteiger partial charge in [-0.05, 0) is 31.1 Å². The van der Waals surface area contributed by atoms with Gasteiger partial charge in [-0.2, -0.15) is 4.98 Å². The Bertz CT molecular complexity index is 609. The van der Waals surface area contributed by atoms with E-state index in [0.29, 0.717) is 24.2 Å². The number of fused-ring (bicyclic) bond motifs is 1. The van der Waals surface area contributed by atoms with Crippen molar-refractivity contribution >= 4 is 0 Å². The van der Waals surface area contributed by atoms with Gasteiger partial charge in [0.15, 0.2) is 17.6 Å². The first kappa shape index (κ1) is 11.7. The van der Waals surface area contributed by atoms with Crippen molar-refractivity contribution in [3.63, 3.8) is 0 Å². The summed E-state index contributed by atoms with van der Waals surface area (Å²) in [4.78, 5) is 4.42. The van der Waals surface area contributed by atoms with Crippen molar-refractivity contribution in [1.29, 1.82) is 0 Å². The average molecular weight is 273 g/mol. The minimum absolute atomic E-state index is 0.304. The number of para-hydroxylation sites is 2. The van der Waals surface area contributed by atoms with E-state index in [1.165, 1.54) is 0 Å². The van der Waals surface area contributed by atoms with E-state index in [1.54, 1.807) is 0 Å². The Morgan fingerprint density at radius 3 is 2.85 bits per heavy atom. The summed E-state index contributed by atoms with van der Waals surface area (Å²) in [6, 6.07) is 7.59. The summed E-state index contributed by atoms with van der Waals surface area (Å²) in [5.41, 5.74) is 0. The van der Waals surface area contributed by atoms with Crippen molar-refractivity contribution in [2.75, 3.05) is 19.7 Å². The second kappa shape index (κ2) is 4.79. The zero-order chi connectivity index (χ0) is 13.4. The minimum Gasteiger partial charge on any atom is -0.485 e. The Morgan fingerprint density at radius 2 is 2.05 bits per heavy atom. The molecule has 20 heavy (non-hydrogen) atoms. The molecule has 1 aromatic heterocycles. The Balaban J connectivity index is 1.48. The molecule has 0 aliphatic carbocycles. The van der Waals surface area contributed by atoms with Crippen LogP contribution >= 0.6 is 0 Å². The second-order valence-electron chi connectivity index (χ2n) is 5.14. The molecule has 1 saturated heterocycles. The topological polar surface area (TPSA) is 69.4 Å². The molecule has 104 valence electrons. The van der Waals surface area contributed by atoms with Crippen molar-refractivity contribution in [1.82, 2.24) is 15.5 Å². The van der Waals surface area contributed by atoms with Crippen LogP contribution in [0.5, 0.6) is 11.5 Å². The Labute approximate surface area is 116 Å². The highest BCUT2D eigenvalue weighted by Crippen LogP contribution is 2.35. The van der Waals surface area contributed by atoms with Crippen molar-refractivity contribution in [3.8, 4) is 11.5 Å². The van der Waals surface area contributed by atoms with Gasteiger partial charge in [0.2, 0.25) is 11.7 Å². The summed E-state index contributed by atoms with van der Waals surface area (Å²) in [5, 5.41) is 7.24. The van der Waals surface area contributed by atoms with Gasteiger partial charge >= 0.3 is 0 Å². The molecule has 1 atom stereocenters. The van der Waals surface area contributed by atoms with Gasteiger partial charge in [-0.3, -0.25) is 0 Å². The summed E-state index contributed by atoms with van der Waals surface area (Å²) < 4.78 is 16.8. The normalized spacial score (nSPS) is 21.5. The smallest absolute Gasteiger partial charge is 0.227 e. The van der Waals surface area contributed by atoms with Gasteiger partial charge in [0.25, 0.3) is 0 Å². The van der Waals surface area contributed by atoms with E-state index in [0.717, 1.165) is 31.0 Å². The number of rotatable bonds is 3. The van der Waals surface area contributed by atoms with E-state index in [9.17, 15) is 0 Å². The maximum Gasteiger partial charge on any atom is 0.227 e. The van der Waals surface area contributed by atoms with Gasteiger partial charge < -0.3 is 19.3 Å². The highest BCUT2D eigenvalue weighted by atomic mass is 16.6. The summed E-state index contributed by atoms with van der Waals surface area (Å²) in [5.74, 6) is 3.31. The zero-order valence-electron chi connectivity index (χ0n) is 10.9. The molecule has 4 rings (SSSR count). The van der Waals surface area contributed by atoms with Crippen LogP contribution in [0.25, 0.3) is 0 Å². The lowest BCUT2D eigenvalue weighted by Crippen LogP contribution is -2.43. The molecule has 0 spiro atoms. The number of aromatic nitrogens is 2. The van der Waals surface area contributed by atoms with Crippen LogP contribution in [0.15, 0.2) is 28.8 Å². The number of nitrogens with one attached hydrogen (secondary N) is 1. The monoisotopic (exact) mass is 273 g/mol. The van der Waals surface area contributed by atoms with Gasteiger partial charge in [-0.15, -0.1) is 0 Å². The molecule has 2 aliphatic rings. The highest BCUT2D eigenvalue weighted by Gasteiger charge is 2.28. The Hall–Kier alpha value is -2.08. The maximum absolute atomic E-state index is 5.85. The largest absolute Gasteiger partial charge is 0.485 e. The van der Waals surface area contributed by atoms with Crippen LogP contribution in [-0.4, -0.2) is 29.8 Å². The molecule has 0 bridgehead atoms. The van der Waals surface area contributed by atoms with Crippen LogP contribution in [-0.2, 0) is 6.42 Å². The number of ether oxygens (including phenoxy) is 2. The van der Waals surface area contributed by atoms with Crippen LogP contribution in [0.4, 0.5) is 0 Å². The van der Waals surface area contributed by atoms with E-state index in [4.69, 9.17) is 14.0 Å². The fourth-order valence-corrected chi connectivity index (χ4v) is 2.37. The molecule has 1 unspecified atom stereocenters. The van der Waals surface area contributed by atoms with Crippen LogP contribution in [0.2, 0.25) is 0 Å². The van der Waals surface area contributed by atoms with Gasteiger partial charge in [0, 0.05) is 6.42 Å². The van der Waals surface area contributed by atoms with Crippen LogP contribution < -0.4 is 14.8 Å². The summed E-state index contributed by atoms with van der Waals surface area (Å²) in [7, 11) is 0. The first-order valence-corrected chi connectivity index (χ1v) is 6.80. The number of nitrogens with zero attached hydrogens (tertiary/aromatic N) is 2. The fourth-order valence-electron chi connectivity index (χ4n) is 2.37. The molecule has 0 radical (unpaired) electrons. The maximum atomic E-state index is 5.85.